The Morgan fingerprint density at radius 2 is 1.75 bits per heavy atom. The number of benzene rings is 1. The van der Waals surface area contributed by atoms with Gasteiger partial charge in [0.15, 0.2) is 0 Å². The Balaban J connectivity index is 0.000000181. The fraction of sp³-hybridized carbons (Fsp3) is 0.571. The summed E-state index contributed by atoms with van der Waals surface area (Å²) in [5, 5.41) is 6.40. The van der Waals surface area contributed by atoms with Gasteiger partial charge in [0.2, 0.25) is 0 Å². The van der Waals surface area contributed by atoms with E-state index in [4.69, 9.17) is 0 Å². The van der Waals surface area contributed by atoms with Crippen LogP contribution in [0.4, 0.5) is 0 Å². The summed E-state index contributed by atoms with van der Waals surface area (Å²) in [6.45, 7) is 3.56. The van der Waals surface area contributed by atoms with Crippen molar-refractivity contribution in [2.24, 2.45) is 0 Å². The van der Waals surface area contributed by atoms with Crippen LogP contribution in [0.3, 0.4) is 0 Å². The predicted molar refractivity (Wildman–Crippen MR) is 70.8 cm³/mol. The van der Waals surface area contributed by atoms with E-state index in [1.165, 1.54) is 37.9 Å². The quantitative estimate of drug-likeness (QED) is 0.816. The van der Waals surface area contributed by atoms with Gasteiger partial charge in [0.1, 0.15) is 0 Å². The maximum absolute atomic E-state index is 3.28. The Morgan fingerprint density at radius 3 is 2.19 bits per heavy atom. The molecule has 16 heavy (non-hydrogen) atoms. The fourth-order valence-corrected chi connectivity index (χ4v) is 1.72. The molecule has 0 aromatic heterocycles. The molecule has 2 N–H and O–H groups in total. The van der Waals surface area contributed by atoms with Crippen LogP contribution >= 0.6 is 0 Å². The summed E-state index contributed by atoms with van der Waals surface area (Å²) in [5.41, 5.74) is 1.40. The molecule has 1 aliphatic heterocycles. The normalized spacial score (nSPS) is 15.1. The lowest BCUT2D eigenvalue weighted by molar-refractivity contribution is 0.520. The molecule has 1 aromatic carbocycles. The Labute approximate surface area is 99.5 Å². The van der Waals surface area contributed by atoms with Gasteiger partial charge in [0, 0.05) is 0 Å². The molecule has 0 atom stereocenters. The van der Waals surface area contributed by atoms with Crippen molar-refractivity contribution in [1.29, 1.82) is 0 Å². The molecule has 2 heteroatoms. The van der Waals surface area contributed by atoms with Crippen LogP contribution in [0.5, 0.6) is 0 Å². The molecule has 0 radical (unpaired) electrons. The first-order chi connectivity index (χ1) is 7.93. The molecule has 0 unspecified atom stereocenters. The number of likely N-dealkylation sites (N-methyl/N-ethyl adjacent to an activating group) is 1. The Kier molecular flexibility index (Phi) is 7.74. The summed E-state index contributed by atoms with van der Waals surface area (Å²) >= 11 is 0. The average molecular weight is 220 g/mol. The molecule has 0 aliphatic carbocycles. The first-order valence-corrected chi connectivity index (χ1v) is 6.32. The predicted octanol–water partition coefficient (Wildman–Crippen LogP) is 2.21. The van der Waals surface area contributed by atoms with Crippen molar-refractivity contribution in [2.75, 3.05) is 26.7 Å². The average Bonchev–Trinajstić information content (AvgIpc) is 2.40. The third-order valence-electron chi connectivity index (χ3n) is 2.71. The van der Waals surface area contributed by atoms with E-state index >= 15 is 0 Å². The van der Waals surface area contributed by atoms with Crippen molar-refractivity contribution >= 4 is 0 Å². The minimum Gasteiger partial charge on any atom is -0.319 e. The molecular weight excluding hydrogens is 196 g/mol. The van der Waals surface area contributed by atoms with Gasteiger partial charge in [-0.3, -0.25) is 0 Å². The van der Waals surface area contributed by atoms with E-state index in [0.717, 1.165) is 13.0 Å². The van der Waals surface area contributed by atoms with Crippen LogP contribution in [0, 0.1) is 0 Å². The molecule has 1 fully saturated rings. The SMILES string of the molecule is C1CCNCC1.CNCCc1ccccc1. The first-order valence-electron chi connectivity index (χ1n) is 6.32. The third-order valence-corrected chi connectivity index (χ3v) is 2.71. The zero-order valence-electron chi connectivity index (χ0n) is 10.3. The number of hydrogen-bond acceptors (Lipinski definition) is 2. The lowest BCUT2D eigenvalue weighted by atomic mass is 10.2. The lowest BCUT2D eigenvalue weighted by Crippen LogP contribution is -2.21. The molecule has 2 rings (SSSR count). The number of hydrogen-bond donors (Lipinski definition) is 2. The highest BCUT2D eigenvalue weighted by Gasteiger charge is 1.93. The molecule has 2 nitrogen and oxygen atoms in total. The Bertz CT molecular complexity index is 231. The molecule has 1 saturated heterocycles. The monoisotopic (exact) mass is 220 g/mol. The zero-order valence-corrected chi connectivity index (χ0v) is 10.3. The topological polar surface area (TPSA) is 24.1 Å². The number of nitrogens with one attached hydrogen (secondary N) is 2. The van der Waals surface area contributed by atoms with Crippen LogP contribution in [-0.4, -0.2) is 26.7 Å². The van der Waals surface area contributed by atoms with Gasteiger partial charge in [-0.2, -0.15) is 0 Å². The van der Waals surface area contributed by atoms with Crippen molar-refractivity contribution in [3.63, 3.8) is 0 Å². The van der Waals surface area contributed by atoms with Crippen molar-refractivity contribution in [3.05, 3.63) is 35.9 Å². The van der Waals surface area contributed by atoms with Crippen molar-refractivity contribution in [3.8, 4) is 0 Å². The van der Waals surface area contributed by atoms with Gasteiger partial charge in [0.05, 0.1) is 0 Å². The van der Waals surface area contributed by atoms with E-state index in [2.05, 4.69) is 34.9 Å². The Morgan fingerprint density at radius 1 is 1.06 bits per heavy atom. The van der Waals surface area contributed by atoms with Crippen LogP contribution in [0.25, 0.3) is 0 Å². The molecule has 0 bridgehead atoms. The molecule has 0 saturated carbocycles. The second-order valence-electron chi connectivity index (χ2n) is 4.15. The smallest absolute Gasteiger partial charge is 0.00114 e. The summed E-state index contributed by atoms with van der Waals surface area (Å²) in [6, 6.07) is 10.5. The van der Waals surface area contributed by atoms with E-state index in [1.54, 1.807) is 0 Å². The maximum atomic E-state index is 3.28. The van der Waals surface area contributed by atoms with E-state index < -0.39 is 0 Å². The van der Waals surface area contributed by atoms with Crippen LogP contribution < -0.4 is 10.6 Å². The van der Waals surface area contributed by atoms with Gasteiger partial charge in [-0.15, -0.1) is 0 Å². The number of piperidine rings is 1. The van der Waals surface area contributed by atoms with Gasteiger partial charge in [-0.25, -0.2) is 0 Å². The third kappa shape index (κ3) is 6.59. The second-order valence-corrected chi connectivity index (χ2v) is 4.15. The van der Waals surface area contributed by atoms with Crippen LogP contribution in [0.2, 0.25) is 0 Å². The highest BCUT2D eigenvalue weighted by atomic mass is 14.9. The van der Waals surface area contributed by atoms with Crippen molar-refractivity contribution in [2.45, 2.75) is 25.7 Å². The zero-order chi connectivity index (χ0) is 11.5. The number of rotatable bonds is 3. The lowest BCUT2D eigenvalue weighted by Gasteiger charge is -2.08. The van der Waals surface area contributed by atoms with Crippen LogP contribution in [-0.2, 0) is 6.42 Å². The van der Waals surface area contributed by atoms with Gasteiger partial charge in [-0.05, 0) is 51.5 Å². The van der Waals surface area contributed by atoms with E-state index in [1.807, 2.05) is 13.1 Å². The minimum atomic E-state index is 1.06. The van der Waals surface area contributed by atoms with Crippen molar-refractivity contribution in [1.82, 2.24) is 10.6 Å². The fourth-order valence-electron chi connectivity index (χ4n) is 1.72. The molecule has 1 aromatic rings. The van der Waals surface area contributed by atoms with Gasteiger partial charge >= 0.3 is 0 Å². The largest absolute Gasteiger partial charge is 0.319 e. The summed E-state index contributed by atoms with van der Waals surface area (Å²) in [5.74, 6) is 0. The highest BCUT2D eigenvalue weighted by molar-refractivity contribution is 5.14. The van der Waals surface area contributed by atoms with Crippen LogP contribution in [0.15, 0.2) is 30.3 Å². The van der Waals surface area contributed by atoms with Crippen LogP contribution in [0.1, 0.15) is 24.8 Å². The summed E-state index contributed by atoms with van der Waals surface area (Å²) in [4.78, 5) is 0. The molecule has 0 spiro atoms. The minimum absolute atomic E-state index is 1.06. The standard InChI is InChI=1S/C9H13N.C5H11N/c1-10-8-7-9-5-3-2-4-6-9;1-2-4-6-5-3-1/h2-6,10H,7-8H2,1H3;6H,1-5H2. The van der Waals surface area contributed by atoms with E-state index in [-0.39, 0.29) is 0 Å². The second kappa shape index (κ2) is 9.37. The molecule has 90 valence electrons. The van der Waals surface area contributed by atoms with Gasteiger partial charge < -0.3 is 10.6 Å². The molecular formula is C14H24N2. The highest BCUT2D eigenvalue weighted by Crippen LogP contribution is 1.97. The van der Waals surface area contributed by atoms with Crippen molar-refractivity contribution < 1.29 is 0 Å². The van der Waals surface area contributed by atoms with E-state index in [9.17, 15) is 0 Å². The first kappa shape index (κ1) is 13.2. The molecule has 1 heterocycles. The summed E-state index contributed by atoms with van der Waals surface area (Å²) in [6.07, 6.45) is 5.34. The van der Waals surface area contributed by atoms with Gasteiger partial charge in [0.25, 0.3) is 0 Å². The summed E-state index contributed by atoms with van der Waals surface area (Å²) in [7, 11) is 1.98. The summed E-state index contributed by atoms with van der Waals surface area (Å²) < 4.78 is 0. The molecule has 0 amide bonds. The molecule has 1 aliphatic rings. The Hall–Kier alpha value is -0.860. The maximum Gasteiger partial charge on any atom is -0.00114 e. The van der Waals surface area contributed by atoms with Gasteiger partial charge in [-0.1, -0.05) is 36.8 Å². The van der Waals surface area contributed by atoms with E-state index in [0.29, 0.717) is 0 Å².